The van der Waals surface area contributed by atoms with Crippen LogP contribution in [0.2, 0.25) is 0 Å². The number of nitrogens with zero attached hydrogens (tertiary/aromatic N) is 3. The maximum absolute atomic E-state index is 12.3. The van der Waals surface area contributed by atoms with Crippen molar-refractivity contribution < 1.29 is 9.50 Å². The van der Waals surface area contributed by atoms with Gasteiger partial charge in [0.1, 0.15) is 18.8 Å². The maximum atomic E-state index is 12.3. The van der Waals surface area contributed by atoms with Crippen molar-refractivity contribution in [2.75, 3.05) is 24.6 Å². The Kier molecular flexibility index (Phi) is 4.25. The minimum absolute atomic E-state index is 0.0583. The van der Waals surface area contributed by atoms with Gasteiger partial charge in [0, 0.05) is 19.2 Å². The highest BCUT2D eigenvalue weighted by Crippen LogP contribution is 2.10. The van der Waals surface area contributed by atoms with Crippen LogP contribution in [0.25, 0.3) is 0 Å². The molecule has 0 bridgehead atoms. The molecule has 1 heterocycles. The van der Waals surface area contributed by atoms with Crippen LogP contribution < -0.4 is 4.90 Å². The lowest BCUT2D eigenvalue weighted by Crippen LogP contribution is -2.27. The number of anilines is 1. The predicted molar refractivity (Wildman–Crippen MR) is 51.8 cm³/mol. The summed E-state index contributed by atoms with van der Waals surface area (Å²) in [5, 5.41) is 8.80. The first-order valence-electron chi connectivity index (χ1n) is 4.54. The highest BCUT2D eigenvalue weighted by molar-refractivity contribution is 5.38. The summed E-state index contributed by atoms with van der Waals surface area (Å²) in [6, 6.07) is 1.60. The molecular weight excluding hydrogens is 185 g/mol. The molecule has 1 aromatic rings. The molecule has 0 radical (unpaired) electrons. The van der Waals surface area contributed by atoms with Crippen LogP contribution in [0.4, 0.5) is 10.2 Å². The molecule has 0 spiro atoms. The molecule has 0 aromatic carbocycles. The third-order valence-corrected chi connectivity index (χ3v) is 1.92. The molecule has 0 fully saturated rings. The Hall–Kier alpha value is -1.23. The standard InChI is InChI=1S/C9H14FN3O/c1-2-13(3-4-14)9-5-8(6-10)11-7-12-9/h5,7,14H,2-4,6H2,1H3. The van der Waals surface area contributed by atoms with Crippen molar-refractivity contribution in [2.45, 2.75) is 13.6 Å². The van der Waals surface area contributed by atoms with Gasteiger partial charge in [-0.25, -0.2) is 14.4 Å². The Balaban J connectivity index is 2.80. The van der Waals surface area contributed by atoms with Crippen LogP contribution in [-0.2, 0) is 6.67 Å². The lowest BCUT2D eigenvalue weighted by Gasteiger charge is -2.20. The number of hydrogen-bond acceptors (Lipinski definition) is 4. The first-order chi connectivity index (χ1) is 6.81. The number of aliphatic hydroxyl groups excluding tert-OH is 1. The molecule has 4 nitrogen and oxygen atoms in total. The number of halogens is 1. The zero-order chi connectivity index (χ0) is 10.4. The molecule has 5 heteroatoms. The Morgan fingerprint density at radius 3 is 2.86 bits per heavy atom. The number of hydrogen-bond donors (Lipinski definition) is 1. The summed E-state index contributed by atoms with van der Waals surface area (Å²) >= 11 is 0. The largest absolute Gasteiger partial charge is 0.395 e. The smallest absolute Gasteiger partial charge is 0.132 e. The predicted octanol–water partition coefficient (Wildman–Crippen LogP) is 0.765. The van der Waals surface area contributed by atoms with E-state index in [1.807, 2.05) is 11.8 Å². The van der Waals surface area contributed by atoms with E-state index in [0.717, 1.165) is 6.54 Å². The summed E-state index contributed by atoms with van der Waals surface area (Å²) in [6.45, 7) is 2.64. The fraction of sp³-hybridized carbons (Fsp3) is 0.556. The van der Waals surface area contributed by atoms with E-state index in [2.05, 4.69) is 9.97 Å². The van der Waals surface area contributed by atoms with Gasteiger partial charge in [0.2, 0.25) is 0 Å². The normalized spacial score (nSPS) is 10.2. The monoisotopic (exact) mass is 199 g/mol. The van der Waals surface area contributed by atoms with Gasteiger partial charge in [0.05, 0.1) is 12.3 Å². The molecule has 0 amide bonds. The number of aromatic nitrogens is 2. The minimum Gasteiger partial charge on any atom is -0.395 e. The first kappa shape index (κ1) is 10.8. The highest BCUT2D eigenvalue weighted by atomic mass is 19.1. The van der Waals surface area contributed by atoms with Crippen molar-refractivity contribution in [3.8, 4) is 0 Å². The molecule has 0 saturated carbocycles. The van der Waals surface area contributed by atoms with E-state index in [9.17, 15) is 4.39 Å². The third-order valence-electron chi connectivity index (χ3n) is 1.92. The zero-order valence-electron chi connectivity index (χ0n) is 8.15. The molecule has 0 atom stereocenters. The molecule has 0 aliphatic carbocycles. The SMILES string of the molecule is CCN(CCO)c1cc(CF)ncn1. The van der Waals surface area contributed by atoms with E-state index < -0.39 is 6.67 Å². The molecule has 0 aliphatic heterocycles. The number of alkyl halides is 1. The van der Waals surface area contributed by atoms with Crippen LogP contribution in [0, 0.1) is 0 Å². The number of aliphatic hydroxyl groups is 1. The summed E-state index contributed by atoms with van der Waals surface area (Å²) in [7, 11) is 0. The first-order valence-corrected chi connectivity index (χ1v) is 4.54. The van der Waals surface area contributed by atoms with Gasteiger partial charge in [0.25, 0.3) is 0 Å². The van der Waals surface area contributed by atoms with Crippen LogP contribution in [0.3, 0.4) is 0 Å². The van der Waals surface area contributed by atoms with Crippen molar-refractivity contribution in [3.63, 3.8) is 0 Å². The molecule has 0 unspecified atom stereocenters. The third kappa shape index (κ3) is 2.63. The molecule has 1 rings (SSSR count). The van der Waals surface area contributed by atoms with Crippen molar-refractivity contribution in [3.05, 3.63) is 18.1 Å². The fourth-order valence-electron chi connectivity index (χ4n) is 1.19. The molecule has 0 saturated heterocycles. The van der Waals surface area contributed by atoms with Crippen LogP contribution in [-0.4, -0.2) is 34.8 Å². The fourth-order valence-corrected chi connectivity index (χ4v) is 1.19. The Bertz CT molecular complexity index is 283. The summed E-state index contributed by atoms with van der Waals surface area (Å²) in [5.41, 5.74) is 0.367. The number of rotatable bonds is 5. The maximum Gasteiger partial charge on any atom is 0.132 e. The van der Waals surface area contributed by atoms with Crippen LogP contribution in [0.1, 0.15) is 12.6 Å². The molecule has 0 aliphatic rings. The Morgan fingerprint density at radius 1 is 1.50 bits per heavy atom. The summed E-state index contributed by atoms with van der Waals surface area (Å²) in [6.07, 6.45) is 1.34. The van der Waals surface area contributed by atoms with E-state index >= 15 is 0 Å². The highest BCUT2D eigenvalue weighted by Gasteiger charge is 2.05. The van der Waals surface area contributed by atoms with E-state index in [-0.39, 0.29) is 6.61 Å². The van der Waals surface area contributed by atoms with Crippen molar-refractivity contribution in [1.29, 1.82) is 0 Å². The van der Waals surface area contributed by atoms with Gasteiger partial charge in [-0.3, -0.25) is 0 Å². The average Bonchev–Trinajstić information content (AvgIpc) is 2.26. The van der Waals surface area contributed by atoms with Gasteiger partial charge in [-0.2, -0.15) is 0 Å². The number of likely N-dealkylation sites (N-methyl/N-ethyl adjacent to an activating group) is 1. The van der Waals surface area contributed by atoms with Crippen molar-refractivity contribution in [1.82, 2.24) is 9.97 Å². The molecule has 78 valence electrons. The molecule has 14 heavy (non-hydrogen) atoms. The lowest BCUT2D eigenvalue weighted by atomic mass is 10.4. The molecule has 1 N–H and O–H groups in total. The second-order valence-electron chi connectivity index (χ2n) is 2.80. The van der Waals surface area contributed by atoms with Crippen LogP contribution in [0.5, 0.6) is 0 Å². The van der Waals surface area contributed by atoms with E-state index in [1.165, 1.54) is 6.33 Å². The zero-order valence-corrected chi connectivity index (χ0v) is 8.15. The summed E-state index contributed by atoms with van der Waals surface area (Å²) < 4.78 is 12.3. The van der Waals surface area contributed by atoms with Crippen LogP contribution >= 0.6 is 0 Å². The van der Waals surface area contributed by atoms with Gasteiger partial charge in [-0.05, 0) is 6.92 Å². The minimum atomic E-state index is -0.591. The van der Waals surface area contributed by atoms with Gasteiger partial charge in [-0.1, -0.05) is 0 Å². The van der Waals surface area contributed by atoms with Gasteiger partial charge in [0.15, 0.2) is 0 Å². The van der Waals surface area contributed by atoms with Crippen LogP contribution in [0.15, 0.2) is 12.4 Å². The summed E-state index contributed by atoms with van der Waals surface area (Å²) in [5.74, 6) is 0.657. The van der Waals surface area contributed by atoms with Crippen molar-refractivity contribution >= 4 is 5.82 Å². The quantitative estimate of drug-likeness (QED) is 0.760. The van der Waals surface area contributed by atoms with Gasteiger partial charge in [-0.15, -0.1) is 0 Å². The van der Waals surface area contributed by atoms with Gasteiger partial charge < -0.3 is 10.0 Å². The molecular formula is C9H14FN3O. The van der Waals surface area contributed by atoms with E-state index in [0.29, 0.717) is 18.1 Å². The van der Waals surface area contributed by atoms with E-state index in [1.54, 1.807) is 6.07 Å². The Morgan fingerprint density at radius 2 is 2.29 bits per heavy atom. The second-order valence-corrected chi connectivity index (χ2v) is 2.80. The lowest BCUT2D eigenvalue weighted by molar-refractivity contribution is 0.302. The summed E-state index contributed by atoms with van der Waals surface area (Å²) in [4.78, 5) is 9.64. The second kappa shape index (κ2) is 5.49. The topological polar surface area (TPSA) is 49.2 Å². The van der Waals surface area contributed by atoms with E-state index in [4.69, 9.17) is 5.11 Å². The Labute approximate surface area is 82.4 Å². The molecule has 1 aromatic heterocycles. The van der Waals surface area contributed by atoms with Crippen molar-refractivity contribution in [2.24, 2.45) is 0 Å². The average molecular weight is 199 g/mol. The van der Waals surface area contributed by atoms with Gasteiger partial charge >= 0.3 is 0 Å².